The molecule has 0 heterocycles. The van der Waals surface area contributed by atoms with Gasteiger partial charge in [-0.1, -0.05) is 157 Å². The third-order valence-corrected chi connectivity index (χ3v) is 8.02. The van der Waals surface area contributed by atoms with E-state index >= 15 is 0 Å². The van der Waals surface area contributed by atoms with Crippen LogP contribution in [0, 0.1) is 23.7 Å². The van der Waals surface area contributed by atoms with Gasteiger partial charge in [-0.15, -0.1) is 0 Å². The van der Waals surface area contributed by atoms with Crippen LogP contribution in [0.2, 0.25) is 0 Å². The molecule has 4 unspecified atom stereocenters. The highest BCUT2D eigenvalue weighted by Gasteiger charge is 2.19. The molecule has 0 rings (SSSR count). The molecule has 0 aliphatic rings. The lowest BCUT2D eigenvalue weighted by Gasteiger charge is -2.22. The molecule has 4 atom stereocenters. The van der Waals surface area contributed by atoms with E-state index in [9.17, 15) is 4.79 Å². The first-order valence-electron chi connectivity index (χ1n) is 16.0. The Bertz CT molecular complexity index is 446. The summed E-state index contributed by atoms with van der Waals surface area (Å²) in [5, 5.41) is 0. The SMILES string of the molecule is CCCCCCCCCCCCCCCCCCCCC(C)CC(C)CC(C)CC(C)C(=O)OC. The van der Waals surface area contributed by atoms with Gasteiger partial charge in [0.05, 0.1) is 13.0 Å². The summed E-state index contributed by atoms with van der Waals surface area (Å²) in [5.41, 5.74) is 0. The molecule has 0 bridgehead atoms. The van der Waals surface area contributed by atoms with Crippen molar-refractivity contribution in [2.24, 2.45) is 23.7 Å². The normalized spacial score (nSPS) is 15.0. The number of carbonyl (C=O) groups excluding carboxylic acids is 1. The Morgan fingerprint density at radius 1 is 0.514 bits per heavy atom. The molecule has 0 aromatic carbocycles. The molecule has 2 heteroatoms. The van der Waals surface area contributed by atoms with E-state index in [4.69, 9.17) is 4.74 Å². The fourth-order valence-electron chi connectivity index (χ4n) is 5.98. The maximum absolute atomic E-state index is 11.6. The van der Waals surface area contributed by atoms with Crippen LogP contribution in [0.1, 0.15) is 176 Å². The predicted octanol–water partition coefficient (Wildman–Crippen LogP) is 11.3. The third-order valence-electron chi connectivity index (χ3n) is 8.02. The highest BCUT2D eigenvalue weighted by atomic mass is 16.5. The second-order valence-corrected chi connectivity index (χ2v) is 12.2. The number of carbonyl (C=O) groups is 1. The maximum Gasteiger partial charge on any atom is 0.308 e. The van der Waals surface area contributed by atoms with E-state index in [2.05, 4.69) is 27.7 Å². The average molecular weight is 495 g/mol. The van der Waals surface area contributed by atoms with Crippen molar-refractivity contribution < 1.29 is 9.53 Å². The fourth-order valence-corrected chi connectivity index (χ4v) is 5.98. The molecule has 0 N–H and O–H groups in total. The van der Waals surface area contributed by atoms with Crippen molar-refractivity contribution in [1.82, 2.24) is 0 Å². The van der Waals surface area contributed by atoms with Crippen molar-refractivity contribution in [1.29, 1.82) is 0 Å². The number of hydrogen-bond acceptors (Lipinski definition) is 2. The number of hydrogen-bond donors (Lipinski definition) is 0. The Hall–Kier alpha value is -0.530. The summed E-state index contributed by atoms with van der Waals surface area (Å²) >= 11 is 0. The molecule has 0 saturated heterocycles. The summed E-state index contributed by atoms with van der Waals surface area (Å²) in [7, 11) is 1.49. The Labute approximate surface area is 222 Å². The Morgan fingerprint density at radius 2 is 0.857 bits per heavy atom. The van der Waals surface area contributed by atoms with Gasteiger partial charge in [0.25, 0.3) is 0 Å². The van der Waals surface area contributed by atoms with Crippen LogP contribution in [0.15, 0.2) is 0 Å². The predicted molar refractivity (Wildman–Crippen MR) is 156 cm³/mol. The van der Waals surface area contributed by atoms with E-state index in [0.717, 1.165) is 18.3 Å². The zero-order valence-corrected chi connectivity index (χ0v) is 25.2. The number of ether oxygens (including phenoxy) is 1. The molecular formula is C33H66O2. The van der Waals surface area contributed by atoms with Crippen molar-refractivity contribution in [3.63, 3.8) is 0 Å². The van der Waals surface area contributed by atoms with Crippen LogP contribution < -0.4 is 0 Å². The highest BCUT2D eigenvalue weighted by Crippen LogP contribution is 2.26. The maximum atomic E-state index is 11.6. The van der Waals surface area contributed by atoms with Gasteiger partial charge in [-0.2, -0.15) is 0 Å². The van der Waals surface area contributed by atoms with E-state index in [1.54, 1.807) is 0 Å². The molecule has 0 spiro atoms. The van der Waals surface area contributed by atoms with Crippen LogP contribution in [0.4, 0.5) is 0 Å². The van der Waals surface area contributed by atoms with Gasteiger partial charge in [-0.3, -0.25) is 4.79 Å². The second kappa shape index (κ2) is 25.1. The van der Waals surface area contributed by atoms with Gasteiger partial charge in [0, 0.05) is 0 Å². The number of rotatable bonds is 26. The van der Waals surface area contributed by atoms with Crippen molar-refractivity contribution in [2.45, 2.75) is 176 Å². The largest absolute Gasteiger partial charge is 0.469 e. The summed E-state index contributed by atoms with van der Waals surface area (Å²) < 4.78 is 4.87. The summed E-state index contributed by atoms with van der Waals surface area (Å²) in [6.45, 7) is 11.4. The zero-order valence-electron chi connectivity index (χ0n) is 25.2. The van der Waals surface area contributed by atoms with E-state index in [-0.39, 0.29) is 11.9 Å². The smallest absolute Gasteiger partial charge is 0.308 e. The van der Waals surface area contributed by atoms with Crippen LogP contribution in [-0.4, -0.2) is 13.1 Å². The van der Waals surface area contributed by atoms with Gasteiger partial charge >= 0.3 is 5.97 Å². The van der Waals surface area contributed by atoms with Crippen LogP contribution >= 0.6 is 0 Å². The third kappa shape index (κ3) is 23.6. The standard InChI is InChI=1S/C33H66O2/c1-7-8-9-10-11-12-13-14-15-16-17-18-19-20-21-22-23-24-25-29(2)26-30(3)27-31(4)28-32(5)33(34)35-6/h29-32H,7-28H2,1-6H3. The van der Waals surface area contributed by atoms with Gasteiger partial charge in [-0.05, 0) is 37.0 Å². The molecule has 0 fully saturated rings. The van der Waals surface area contributed by atoms with Crippen LogP contribution in [-0.2, 0) is 9.53 Å². The van der Waals surface area contributed by atoms with Crippen LogP contribution in [0.3, 0.4) is 0 Å². The number of esters is 1. The molecule has 0 aromatic heterocycles. The monoisotopic (exact) mass is 495 g/mol. The summed E-state index contributed by atoms with van der Waals surface area (Å²) in [6, 6.07) is 0. The minimum absolute atomic E-state index is 0.0272. The molecule has 0 aliphatic carbocycles. The Balaban J connectivity index is 3.42. The Kier molecular flexibility index (Phi) is 24.8. The quantitative estimate of drug-likeness (QED) is 0.0882. The minimum Gasteiger partial charge on any atom is -0.469 e. The molecule has 0 radical (unpaired) electrons. The second-order valence-electron chi connectivity index (χ2n) is 12.2. The fraction of sp³-hybridized carbons (Fsp3) is 0.970. The van der Waals surface area contributed by atoms with Crippen molar-refractivity contribution in [3.8, 4) is 0 Å². The van der Waals surface area contributed by atoms with Gasteiger partial charge in [0.2, 0.25) is 0 Å². The van der Waals surface area contributed by atoms with Crippen molar-refractivity contribution >= 4 is 5.97 Å². The van der Waals surface area contributed by atoms with Gasteiger partial charge in [-0.25, -0.2) is 0 Å². The van der Waals surface area contributed by atoms with E-state index in [1.807, 2.05) is 6.92 Å². The van der Waals surface area contributed by atoms with Gasteiger partial charge in [0.15, 0.2) is 0 Å². The molecular weight excluding hydrogens is 428 g/mol. The molecule has 210 valence electrons. The highest BCUT2D eigenvalue weighted by molar-refractivity contribution is 5.71. The average Bonchev–Trinajstić information content (AvgIpc) is 2.82. The minimum atomic E-state index is -0.0630. The first-order chi connectivity index (χ1) is 16.9. The van der Waals surface area contributed by atoms with Gasteiger partial charge < -0.3 is 4.74 Å². The molecule has 35 heavy (non-hydrogen) atoms. The lowest BCUT2D eigenvalue weighted by molar-refractivity contribution is -0.145. The topological polar surface area (TPSA) is 26.3 Å². The first kappa shape index (κ1) is 34.5. The number of methoxy groups -OCH3 is 1. The van der Waals surface area contributed by atoms with Gasteiger partial charge in [0.1, 0.15) is 0 Å². The molecule has 0 aromatic rings. The van der Waals surface area contributed by atoms with Crippen LogP contribution in [0.5, 0.6) is 0 Å². The molecule has 2 nitrogen and oxygen atoms in total. The van der Waals surface area contributed by atoms with Crippen LogP contribution in [0.25, 0.3) is 0 Å². The first-order valence-corrected chi connectivity index (χ1v) is 16.0. The van der Waals surface area contributed by atoms with E-state index < -0.39 is 0 Å². The summed E-state index contributed by atoms with van der Waals surface area (Å²) in [6.07, 6.45) is 31.0. The molecule has 0 amide bonds. The molecule has 0 aliphatic heterocycles. The van der Waals surface area contributed by atoms with E-state index in [1.165, 1.54) is 142 Å². The zero-order chi connectivity index (χ0) is 26.2. The summed E-state index contributed by atoms with van der Waals surface area (Å²) in [4.78, 5) is 11.6. The van der Waals surface area contributed by atoms with Crippen molar-refractivity contribution in [2.75, 3.05) is 7.11 Å². The van der Waals surface area contributed by atoms with Crippen molar-refractivity contribution in [3.05, 3.63) is 0 Å². The Morgan fingerprint density at radius 3 is 1.26 bits per heavy atom. The number of unbranched alkanes of at least 4 members (excludes halogenated alkanes) is 17. The summed E-state index contributed by atoms with van der Waals surface area (Å²) in [5.74, 6) is 2.14. The lowest BCUT2D eigenvalue weighted by Crippen LogP contribution is -2.17. The molecule has 0 saturated carbocycles. The lowest BCUT2D eigenvalue weighted by atomic mass is 9.84. The van der Waals surface area contributed by atoms with E-state index in [0.29, 0.717) is 5.92 Å².